The first kappa shape index (κ1) is 16.8. The summed E-state index contributed by atoms with van der Waals surface area (Å²) in [6, 6.07) is 0.187. The van der Waals surface area contributed by atoms with Crippen LogP contribution in [-0.4, -0.2) is 60.0 Å². The van der Waals surface area contributed by atoms with Crippen molar-refractivity contribution in [2.75, 3.05) is 12.3 Å². The van der Waals surface area contributed by atoms with E-state index in [-0.39, 0.29) is 24.5 Å². The highest BCUT2D eigenvalue weighted by Gasteiger charge is 2.44. The van der Waals surface area contributed by atoms with Gasteiger partial charge in [-0.1, -0.05) is 0 Å². The topological polar surface area (TPSA) is 129 Å². The summed E-state index contributed by atoms with van der Waals surface area (Å²) in [7, 11) is 0. The van der Waals surface area contributed by atoms with Crippen molar-refractivity contribution in [3.05, 3.63) is 6.33 Å². The summed E-state index contributed by atoms with van der Waals surface area (Å²) in [5.41, 5.74) is 6.77. The minimum atomic E-state index is -1.02. The molecule has 25 heavy (non-hydrogen) atoms. The molecule has 2 aromatic heterocycles. The molecule has 2 aliphatic rings. The zero-order valence-corrected chi connectivity index (χ0v) is 14.2. The second-order valence-electron chi connectivity index (χ2n) is 6.42. The molecule has 4 N–H and O–H groups in total. The lowest BCUT2D eigenvalue weighted by Crippen LogP contribution is -2.28. The Bertz CT molecular complexity index is 766. The number of aliphatic hydroxyl groups is 2. The number of ether oxygens (including phenoxy) is 2. The predicted molar refractivity (Wildman–Crippen MR) is 89.3 cm³/mol. The van der Waals surface area contributed by atoms with Crippen LogP contribution in [0.4, 0.5) is 5.82 Å². The number of alkyl halides is 1. The van der Waals surface area contributed by atoms with E-state index in [0.717, 1.165) is 25.7 Å². The fourth-order valence-electron chi connectivity index (χ4n) is 3.40. The number of fused-ring (bicyclic) bond motifs is 1. The van der Waals surface area contributed by atoms with Gasteiger partial charge in [0.05, 0.1) is 18.3 Å². The number of aliphatic hydroxyl groups excluding tert-OH is 2. The second kappa shape index (κ2) is 6.56. The molecular formula is C15H20ClN5O4. The molecule has 136 valence electrons. The van der Waals surface area contributed by atoms with Crippen molar-refractivity contribution in [2.24, 2.45) is 0 Å². The van der Waals surface area contributed by atoms with Gasteiger partial charge in [0.25, 0.3) is 0 Å². The summed E-state index contributed by atoms with van der Waals surface area (Å²) in [6.45, 7) is -0.290. The van der Waals surface area contributed by atoms with Crippen LogP contribution in [-0.2, 0) is 4.74 Å². The highest BCUT2D eigenvalue weighted by molar-refractivity contribution is 6.21. The molecule has 1 saturated heterocycles. The van der Waals surface area contributed by atoms with E-state index < -0.39 is 23.8 Å². The molecule has 0 amide bonds. The first-order chi connectivity index (χ1) is 12.1. The Morgan fingerprint density at radius 2 is 2.12 bits per heavy atom. The van der Waals surface area contributed by atoms with Crippen LogP contribution < -0.4 is 10.5 Å². The first-order valence-corrected chi connectivity index (χ1v) is 8.77. The smallest absolute Gasteiger partial charge is 0.320 e. The first-order valence-electron chi connectivity index (χ1n) is 8.33. The number of aromatic nitrogens is 4. The van der Waals surface area contributed by atoms with Gasteiger partial charge in [0.15, 0.2) is 23.2 Å². The maximum atomic E-state index is 10.3. The monoisotopic (exact) mass is 369 g/mol. The van der Waals surface area contributed by atoms with E-state index >= 15 is 0 Å². The Hall–Kier alpha value is -1.68. The number of halogens is 1. The van der Waals surface area contributed by atoms with Crippen molar-refractivity contribution in [3.8, 4) is 6.01 Å². The predicted octanol–water partition coefficient (Wildman–Crippen LogP) is 0.588. The van der Waals surface area contributed by atoms with Gasteiger partial charge in [-0.2, -0.15) is 9.97 Å². The fourth-order valence-corrected chi connectivity index (χ4v) is 3.66. The SMILES string of the molecule is Nc1nc(OC2CCCC2)nc2c1ncn2[C@@H]1O[C@H](CO)[C@H](Cl)[C@H]1O. The molecule has 4 atom stereocenters. The summed E-state index contributed by atoms with van der Waals surface area (Å²) < 4.78 is 13.0. The summed E-state index contributed by atoms with van der Waals surface area (Å²) in [5.74, 6) is 0.199. The van der Waals surface area contributed by atoms with Crippen LogP contribution in [0.2, 0.25) is 0 Å². The largest absolute Gasteiger partial charge is 0.460 e. The molecule has 9 nitrogen and oxygen atoms in total. The van der Waals surface area contributed by atoms with Crippen LogP contribution in [0.1, 0.15) is 31.9 Å². The molecule has 1 aliphatic carbocycles. The lowest BCUT2D eigenvalue weighted by molar-refractivity contribution is -0.0486. The molecule has 1 aliphatic heterocycles. The van der Waals surface area contributed by atoms with Crippen molar-refractivity contribution in [3.63, 3.8) is 0 Å². The van der Waals surface area contributed by atoms with Gasteiger partial charge in [-0.15, -0.1) is 11.6 Å². The normalized spacial score (nSPS) is 30.4. The number of hydrogen-bond donors (Lipinski definition) is 3. The van der Waals surface area contributed by atoms with Crippen LogP contribution in [0.15, 0.2) is 6.33 Å². The minimum Gasteiger partial charge on any atom is -0.460 e. The zero-order valence-electron chi connectivity index (χ0n) is 13.5. The van der Waals surface area contributed by atoms with Gasteiger partial charge in [-0.25, -0.2) is 4.98 Å². The number of nitrogens with two attached hydrogens (primary N) is 1. The van der Waals surface area contributed by atoms with E-state index in [0.29, 0.717) is 11.2 Å². The standard InChI is InChI=1S/C15H20ClN5O4/c16-9-8(5-22)25-14(11(9)23)21-6-18-10-12(17)19-15(20-13(10)21)24-7-3-1-2-4-7/h6-9,11,14,22-23H,1-5H2,(H2,17,19,20)/t8-,9+,11-,14-/m1/s1. The number of rotatable bonds is 4. The van der Waals surface area contributed by atoms with Gasteiger partial charge < -0.3 is 25.4 Å². The highest BCUT2D eigenvalue weighted by atomic mass is 35.5. The molecule has 2 fully saturated rings. The molecule has 10 heteroatoms. The Balaban J connectivity index is 1.68. The molecule has 0 unspecified atom stereocenters. The van der Waals surface area contributed by atoms with E-state index in [1.54, 1.807) is 4.57 Å². The zero-order chi connectivity index (χ0) is 17.6. The van der Waals surface area contributed by atoms with Gasteiger partial charge in [0.1, 0.15) is 18.3 Å². The van der Waals surface area contributed by atoms with E-state index in [4.69, 9.17) is 26.8 Å². The van der Waals surface area contributed by atoms with Gasteiger partial charge in [0.2, 0.25) is 0 Å². The summed E-state index contributed by atoms with van der Waals surface area (Å²) in [4.78, 5) is 12.8. The molecule has 2 aromatic rings. The van der Waals surface area contributed by atoms with Crippen molar-refractivity contribution < 1.29 is 19.7 Å². The number of anilines is 1. The molecule has 0 bridgehead atoms. The van der Waals surface area contributed by atoms with Gasteiger partial charge >= 0.3 is 6.01 Å². The Morgan fingerprint density at radius 1 is 1.36 bits per heavy atom. The Morgan fingerprint density at radius 3 is 2.80 bits per heavy atom. The van der Waals surface area contributed by atoms with Crippen LogP contribution in [0.5, 0.6) is 6.01 Å². The van der Waals surface area contributed by atoms with Crippen LogP contribution in [0.3, 0.4) is 0 Å². The van der Waals surface area contributed by atoms with Gasteiger partial charge in [-0.3, -0.25) is 4.57 Å². The average molecular weight is 370 g/mol. The lowest BCUT2D eigenvalue weighted by Gasteiger charge is -2.17. The lowest BCUT2D eigenvalue weighted by atomic mass is 10.2. The fraction of sp³-hybridized carbons (Fsp3) is 0.667. The third kappa shape index (κ3) is 2.91. The third-order valence-electron chi connectivity index (χ3n) is 4.74. The van der Waals surface area contributed by atoms with Crippen LogP contribution >= 0.6 is 11.6 Å². The molecule has 0 spiro atoms. The maximum absolute atomic E-state index is 10.3. The van der Waals surface area contributed by atoms with E-state index in [1.807, 2.05) is 0 Å². The third-order valence-corrected chi connectivity index (χ3v) is 5.28. The van der Waals surface area contributed by atoms with Crippen molar-refractivity contribution in [1.29, 1.82) is 0 Å². The molecular weight excluding hydrogens is 350 g/mol. The quantitative estimate of drug-likeness (QED) is 0.668. The number of imidazole rings is 1. The van der Waals surface area contributed by atoms with Crippen LogP contribution in [0, 0.1) is 0 Å². The second-order valence-corrected chi connectivity index (χ2v) is 6.93. The molecule has 3 heterocycles. The van der Waals surface area contributed by atoms with Crippen molar-refractivity contribution in [2.45, 2.75) is 55.6 Å². The van der Waals surface area contributed by atoms with E-state index in [1.165, 1.54) is 6.33 Å². The Labute approximate surface area is 148 Å². The van der Waals surface area contributed by atoms with Crippen molar-refractivity contribution >= 4 is 28.6 Å². The molecule has 0 radical (unpaired) electrons. The summed E-state index contributed by atoms with van der Waals surface area (Å²) in [6.07, 6.45) is 3.23. The minimum absolute atomic E-state index is 0.0903. The van der Waals surface area contributed by atoms with Crippen LogP contribution in [0.25, 0.3) is 11.2 Å². The summed E-state index contributed by atoms with van der Waals surface area (Å²) in [5, 5.41) is 18.9. The van der Waals surface area contributed by atoms with Gasteiger partial charge in [0, 0.05) is 0 Å². The summed E-state index contributed by atoms with van der Waals surface area (Å²) >= 11 is 6.12. The molecule has 4 rings (SSSR count). The molecule has 0 aromatic carbocycles. The van der Waals surface area contributed by atoms with Gasteiger partial charge in [-0.05, 0) is 25.7 Å². The Kier molecular flexibility index (Phi) is 4.40. The van der Waals surface area contributed by atoms with E-state index in [2.05, 4.69) is 15.0 Å². The average Bonchev–Trinajstić information content (AvgIpc) is 3.30. The molecule has 1 saturated carbocycles. The number of nitrogen functional groups attached to an aromatic ring is 1. The van der Waals surface area contributed by atoms with E-state index in [9.17, 15) is 10.2 Å². The van der Waals surface area contributed by atoms with Crippen molar-refractivity contribution in [1.82, 2.24) is 19.5 Å². The number of nitrogens with zero attached hydrogens (tertiary/aromatic N) is 4. The number of hydrogen-bond acceptors (Lipinski definition) is 8. The highest BCUT2D eigenvalue weighted by Crippen LogP contribution is 2.35. The maximum Gasteiger partial charge on any atom is 0.320 e.